The number of benzene rings is 1. The molecule has 1 unspecified atom stereocenters. The monoisotopic (exact) mass is 275 g/mol. The van der Waals surface area contributed by atoms with Crippen LogP contribution in [-0.4, -0.2) is 41.4 Å². The lowest BCUT2D eigenvalue weighted by Gasteiger charge is -2.32. The fraction of sp³-hybridized carbons (Fsp3) is 0.429. The first kappa shape index (κ1) is 13.9. The molecular weight excluding hydrogens is 258 g/mol. The molecule has 1 N–H and O–H groups in total. The highest BCUT2D eigenvalue weighted by Gasteiger charge is 2.20. The van der Waals surface area contributed by atoms with E-state index in [9.17, 15) is 4.79 Å². The van der Waals surface area contributed by atoms with E-state index in [0.29, 0.717) is 18.2 Å². The van der Waals surface area contributed by atoms with Crippen LogP contribution in [0, 0.1) is 11.3 Å². The molecular formula is C14H17N3OS. The maximum absolute atomic E-state index is 12.0. The molecule has 4 nitrogen and oxygen atoms in total. The van der Waals surface area contributed by atoms with Gasteiger partial charge in [0.25, 0.3) is 0 Å². The Morgan fingerprint density at radius 3 is 2.89 bits per heavy atom. The van der Waals surface area contributed by atoms with E-state index in [1.165, 1.54) is 0 Å². The number of rotatable bonds is 3. The highest BCUT2D eigenvalue weighted by Crippen LogP contribution is 2.16. The minimum absolute atomic E-state index is 0.00320. The third kappa shape index (κ3) is 3.98. The lowest BCUT2D eigenvalue weighted by atomic mass is 10.2. The first-order valence-electron chi connectivity index (χ1n) is 6.31. The van der Waals surface area contributed by atoms with Crippen LogP contribution >= 0.6 is 11.8 Å². The van der Waals surface area contributed by atoms with Crippen LogP contribution < -0.4 is 5.32 Å². The predicted molar refractivity (Wildman–Crippen MR) is 78.1 cm³/mol. The minimum Gasteiger partial charge on any atom is -0.325 e. The van der Waals surface area contributed by atoms with Gasteiger partial charge in [0.05, 0.1) is 18.2 Å². The summed E-state index contributed by atoms with van der Waals surface area (Å²) in [4.78, 5) is 14.2. The van der Waals surface area contributed by atoms with Crippen molar-refractivity contribution < 1.29 is 4.79 Å². The number of nitrogens with one attached hydrogen (secondary N) is 1. The number of nitrogens with zero attached hydrogens (tertiary/aromatic N) is 2. The van der Waals surface area contributed by atoms with E-state index in [1.807, 2.05) is 11.8 Å². The zero-order valence-corrected chi connectivity index (χ0v) is 11.7. The van der Waals surface area contributed by atoms with Gasteiger partial charge in [-0.15, -0.1) is 0 Å². The van der Waals surface area contributed by atoms with Gasteiger partial charge in [-0.3, -0.25) is 9.69 Å². The molecule has 1 saturated heterocycles. The smallest absolute Gasteiger partial charge is 0.238 e. The van der Waals surface area contributed by atoms with Gasteiger partial charge in [-0.2, -0.15) is 17.0 Å². The Morgan fingerprint density at radius 2 is 2.26 bits per heavy atom. The number of hydrogen-bond acceptors (Lipinski definition) is 4. The largest absolute Gasteiger partial charge is 0.325 e. The number of nitriles is 1. The van der Waals surface area contributed by atoms with Crippen molar-refractivity contribution in [2.45, 2.75) is 13.0 Å². The lowest BCUT2D eigenvalue weighted by molar-refractivity contribution is -0.117. The molecule has 0 spiro atoms. The standard InChI is InChI=1S/C14H17N3OS/c1-11-10-19-7-6-17(11)9-14(18)16-13-4-2-12(8-15)3-5-13/h2-5,11H,6-7,9-10H2,1H3,(H,16,18). The van der Waals surface area contributed by atoms with Crippen molar-refractivity contribution in [1.82, 2.24) is 4.90 Å². The van der Waals surface area contributed by atoms with Crippen LogP contribution in [0.3, 0.4) is 0 Å². The molecule has 1 heterocycles. The van der Waals surface area contributed by atoms with Crippen LogP contribution in [0.25, 0.3) is 0 Å². The highest BCUT2D eigenvalue weighted by atomic mass is 32.2. The van der Waals surface area contributed by atoms with Crippen LogP contribution in [0.4, 0.5) is 5.69 Å². The van der Waals surface area contributed by atoms with Crippen molar-refractivity contribution in [1.29, 1.82) is 5.26 Å². The van der Waals surface area contributed by atoms with E-state index in [2.05, 4.69) is 23.2 Å². The zero-order valence-electron chi connectivity index (χ0n) is 10.9. The number of carbonyl (C=O) groups is 1. The van der Waals surface area contributed by atoms with Crippen molar-refractivity contribution in [2.75, 3.05) is 29.9 Å². The zero-order chi connectivity index (χ0) is 13.7. The second-order valence-corrected chi connectivity index (χ2v) is 5.78. The molecule has 19 heavy (non-hydrogen) atoms. The molecule has 0 saturated carbocycles. The van der Waals surface area contributed by atoms with E-state index in [1.54, 1.807) is 24.3 Å². The van der Waals surface area contributed by atoms with E-state index in [-0.39, 0.29) is 5.91 Å². The Labute approximate surface area is 117 Å². The van der Waals surface area contributed by atoms with Gasteiger partial charge in [0.15, 0.2) is 0 Å². The summed E-state index contributed by atoms with van der Waals surface area (Å²) < 4.78 is 0. The van der Waals surface area contributed by atoms with Crippen molar-refractivity contribution in [3.8, 4) is 6.07 Å². The summed E-state index contributed by atoms with van der Waals surface area (Å²) >= 11 is 1.94. The van der Waals surface area contributed by atoms with Gasteiger partial charge in [-0.1, -0.05) is 0 Å². The van der Waals surface area contributed by atoms with Gasteiger partial charge < -0.3 is 5.32 Å². The second-order valence-electron chi connectivity index (χ2n) is 4.63. The number of amides is 1. The van der Waals surface area contributed by atoms with Crippen molar-refractivity contribution in [3.63, 3.8) is 0 Å². The quantitative estimate of drug-likeness (QED) is 0.916. The molecule has 5 heteroatoms. The molecule has 1 atom stereocenters. The summed E-state index contributed by atoms with van der Waals surface area (Å²) in [5.74, 6) is 2.18. The molecule has 1 fully saturated rings. The van der Waals surface area contributed by atoms with E-state index >= 15 is 0 Å². The Hall–Kier alpha value is -1.51. The van der Waals surface area contributed by atoms with E-state index < -0.39 is 0 Å². The first-order chi connectivity index (χ1) is 9.19. The van der Waals surface area contributed by atoms with Crippen LogP contribution in [0.1, 0.15) is 12.5 Å². The molecule has 0 aliphatic carbocycles. The topological polar surface area (TPSA) is 56.1 Å². The molecule has 1 amide bonds. The number of carbonyl (C=O) groups excluding carboxylic acids is 1. The van der Waals surface area contributed by atoms with Gasteiger partial charge in [0, 0.05) is 29.8 Å². The molecule has 0 aromatic heterocycles. The fourth-order valence-corrected chi connectivity index (χ4v) is 3.09. The number of thioether (sulfide) groups is 1. The van der Waals surface area contributed by atoms with Crippen LogP contribution in [0.2, 0.25) is 0 Å². The predicted octanol–water partition coefficient (Wildman–Crippen LogP) is 1.93. The average Bonchev–Trinajstić information content (AvgIpc) is 2.42. The summed E-state index contributed by atoms with van der Waals surface area (Å²) in [7, 11) is 0. The van der Waals surface area contributed by atoms with Crippen LogP contribution in [-0.2, 0) is 4.79 Å². The maximum atomic E-state index is 12.0. The second kappa shape index (κ2) is 6.60. The average molecular weight is 275 g/mol. The minimum atomic E-state index is 0.00320. The number of hydrogen-bond donors (Lipinski definition) is 1. The Bertz CT molecular complexity index is 480. The summed E-state index contributed by atoms with van der Waals surface area (Å²) in [5, 5.41) is 11.6. The highest BCUT2D eigenvalue weighted by molar-refractivity contribution is 7.99. The molecule has 100 valence electrons. The van der Waals surface area contributed by atoms with Crippen molar-refractivity contribution in [2.24, 2.45) is 0 Å². The third-order valence-corrected chi connectivity index (χ3v) is 4.34. The van der Waals surface area contributed by atoms with Gasteiger partial charge in [-0.25, -0.2) is 0 Å². The Kier molecular flexibility index (Phi) is 4.83. The van der Waals surface area contributed by atoms with Gasteiger partial charge in [0.2, 0.25) is 5.91 Å². The maximum Gasteiger partial charge on any atom is 0.238 e. The summed E-state index contributed by atoms with van der Waals surface area (Å²) in [6.07, 6.45) is 0. The fourth-order valence-electron chi connectivity index (χ4n) is 2.01. The molecule has 0 bridgehead atoms. The van der Waals surface area contributed by atoms with Crippen molar-refractivity contribution in [3.05, 3.63) is 29.8 Å². The van der Waals surface area contributed by atoms with E-state index in [4.69, 9.17) is 5.26 Å². The third-order valence-electron chi connectivity index (χ3n) is 3.15. The summed E-state index contributed by atoms with van der Waals surface area (Å²) in [6.45, 7) is 3.55. The molecule has 1 aliphatic heterocycles. The molecule has 1 aromatic carbocycles. The first-order valence-corrected chi connectivity index (χ1v) is 7.46. The van der Waals surface area contributed by atoms with Crippen molar-refractivity contribution >= 4 is 23.4 Å². The van der Waals surface area contributed by atoms with Gasteiger partial charge in [0.1, 0.15) is 0 Å². The number of anilines is 1. The molecule has 1 aliphatic rings. The lowest BCUT2D eigenvalue weighted by Crippen LogP contribution is -2.44. The van der Waals surface area contributed by atoms with Gasteiger partial charge in [-0.05, 0) is 31.2 Å². The van der Waals surface area contributed by atoms with Crippen LogP contribution in [0.15, 0.2) is 24.3 Å². The molecule has 0 radical (unpaired) electrons. The van der Waals surface area contributed by atoms with Gasteiger partial charge >= 0.3 is 0 Å². The Morgan fingerprint density at radius 1 is 1.53 bits per heavy atom. The molecule has 1 aromatic rings. The van der Waals surface area contributed by atoms with E-state index in [0.717, 1.165) is 23.7 Å². The summed E-state index contributed by atoms with van der Waals surface area (Å²) in [5.41, 5.74) is 1.34. The normalized spacial score (nSPS) is 19.7. The summed E-state index contributed by atoms with van der Waals surface area (Å²) in [6, 6.07) is 9.43. The van der Waals surface area contributed by atoms with Crippen LogP contribution in [0.5, 0.6) is 0 Å². The Balaban J connectivity index is 1.88. The molecule has 2 rings (SSSR count). The SMILES string of the molecule is CC1CSCCN1CC(=O)Nc1ccc(C#N)cc1.